The summed E-state index contributed by atoms with van der Waals surface area (Å²) >= 11 is 5.50. The number of hydrazone groups is 1. The number of benzene rings is 1. The maximum absolute atomic E-state index is 12.9. The van der Waals surface area contributed by atoms with Gasteiger partial charge in [-0.25, -0.2) is 4.39 Å². The Kier molecular flexibility index (Phi) is 2.50. The second kappa shape index (κ2) is 3.40. The summed E-state index contributed by atoms with van der Waals surface area (Å²) in [5.74, 6) is 3.89. The lowest BCUT2D eigenvalue weighted by Gasteiger charge is -1.99. The third-order valence-corrected chi connectivity index (χ3v) is 1.58. The Morgan fingerprint density at radius 1 is 1.58 bits per heavy atom. The number of rotatable bonds is 1. The van der Waals surface area contributed by atoms with Gasteiger partial charge in [-0.05, 0) is 6.07 Å². The van der Waals surface area contributed by atoms with Crippen LogP contribution in [0.3, 0.4) is 0 Å². The molecule has 12 heavy (non-hydrogen) atoms. The molecule has 1 aromatic carbocycles. The lowest BCUT2D eigenvalue weighted by molar-refractivity contribution is 0.469. The van der Waals surface area contributed by atoms with Crippen LogP contribution in [0.2, 0.25) is 5.02 Å². The van der Waals surface area contributed by atoms with E-state index in [0.29, 0.717) is 0 Å². The molecule has 0 aromatic heterocycles. The Morgan fingerprint density at radius 2 is 2.25 bits per heavy atom. The van der Waals surface area contributed by atoms with Crippen LogP contribution in [0.5, 0.6) is 5.75 Å². The number of nitrogens with zero attached hydrogens (tertiary/aromatic N) is 1. The van der Waals surface area contributed by atoms with Crippen molar-refractivity contribution < 1.29 is 9.50 Å². The minimum absolute atomic E-state index is 0.0614. The third kappa shape index (κ3) is 1.65. The van der Waals surface area contributed by atoms with Crippen molar-refractivity contribution in [3.05, 3.63) is 28.5 Å². The van der Waals surface area contributed by atoms with Crippen molar-refractivity contribution in [3.63, 3.8) is 0 Å². The Bertz CT molecular complexity index is 327. The number of halogens is 2. The zero-order chi connectivity index (χ0) is 9.14. The Hall–Kier alpha value is -1.29. The fourth-order valence-corrected chi connectivity index (χ4v) is 0.903. The van der Waals surface area contributed by atoms with E-state index in [9.17, 15) is 4.39 Å². The fourth-order valence-electron chi connectivity index (χ4n) is 0.731. The van der Waals surface area contributed by atoms with Crippen LogP contribution in [0.15, 0.2) is 17.2 Å². The van der Waals surface area contributed by atoms with Gasteiger partial charge in [-0.3, -0.25) is 0 Å². The van der Waals surface area contributed by atoms with E-state index in [1.54, 1.807) is 0 Å². The number of phenols is 1. The minimum Gasteiger partial charge on any atom is -0.506 e. The van der Waals surface area contributed by atoms with Gasteiger partial charge < -0.3 is 10.9 Å². The molecule has 0 aliphatic carbocycles. The monoisotopic (exact) mass is 188 g/mol. The van der Waals surface area contributed by atoms with Crippen LogP contribution in [0.25, 0.3) is 0 Å². The zero-order valence-electron chi connectivity index (χ0n) is 5.96. The number of nitrogens with two attached hydrogens (primary N) is 1. The van der Waals surface area contributed by atoms with E-state index < -0.39 is 5.82 Å². The molecule has 3 nitrogen and oxygen atoms in total. The van der Waals surface area contributed by atoms with Crippen molar-refractivity contribution in [2.45, 2.75) is 0 Å². The van der Waals surface area contributed by atoms with Crippen molar-refractivity contribution >= 4 is 17.8 Å². The summed E-state index contributed by atoms with van der Waals surface area (Å²) < 4.78 is 12.9. The van der Waals surface area contributed by atoms with Crippen LogP contribution < -0.4 is 5.84 Å². The lowest BCUT2D eigenvalue weighted by Crippen LogP contribution is -1.91. The molecule has 0 fully saturated rings. The summed E-state index contributed by atoms with van der Waals surface area (Å²) in [7, 11) is 0. The first-order chi connectivity index (χ1) is 5.65. The fraction of sp³-hybridized carbons (Fsp3) is 0. The Balaban J connectivity index is 3.23. The zero-order valence-corrected chi connectivity index (χ0v) is 6.72. The van der Waals surface area contributed by atoms with Gasteiger partial charge in [0.15, 0.2) is 0 Å². The molecule has 0 bridgehead atoms. The van der Waals surface area contributed by atoms with Crippen LogP contribution in [0.4, 0.5) is 4.39 Å². The molecule has 1 rings (SSSR count). The molecule has 0 atom stereocenters. The molecule has 64 valence electrons. The summed E-state index contributed by atoms with van der Waals surface area (Å²) in [6.07, 6.45) is 1.11. The molecule has 0 spiro atoms. The van der Waals surface area contributed by atoms with E-state index in [2.05, 4.69) is 5.10 Å². The first-order valence-corrected chi connectivity index (χ1v) is 3.44. The molecule has 0 aliphatic rings. The lowest BCUT2D eigenvalue weighted by atomic mass is 10.2. The number of hydrogen-bond donors (Lipinski definition) is 2. The van der Waals surface area contributed by atoms with E-state index in [1.165, 1.54) is 6.07 Å². The predicted molar refractivity (Wildman–Crippen MR) is 44.9 cm³/mol. The van der Waals surface area contributed by atoms with Crippen LogP contribution in [-0.2, 0) is 0 Å². The Morgan fingerprint density at radius 3 is 2.83 bits per heavy atom. The number of phenolic OH excluding ortho intramolecular Hbond substituents is 1. The smallest absolute Gasteiger partial charge is 0.137 e. The van der Waals surface area contributed by atoms with Crippen molar-refractivity contribution in [3.8, 4) is 5.75 Å². The van der Waals surface area contributed by atoms with E-state index in [-0.39, 0.29) is 16.3 Å². The van der Waals surface area contributed by atoms with Crippen molar-refractivity contribution in [1.82, 2.24) is 0 Å². The van der Waals surface area contributed by atoms with Gasteiger partial charge in [0.1, 0.15) is 11.6 Å². The topological polar surface area (TPSA) is 58.6 Å². The molecule has 0 amide bonds. The highest BCUT2D eigenvalue weighted by molar-refractivity contribution is 6.32. The molecule has 0 heterocycles. The molecule has 0 aliphatic heterocycles. The second-order valence-electron chi connectivity index (χ2n) is 2.10. The largest absolute Gasteiger partial charge is 0.506 e. The molecule has 1 aromatic rings. The van der Waals surface area contributed by atoms with Crippen LogP contribution in [0, 0.1) is 5.82 Å². The summed E-state index contributed by atoms with van der Waals surface area (Å²) in [5, 5.41) is 12.1. The highest BCUT2D eigenvalue weighted by atomic mass is 35.5. The number of aromatic hydroxyl groups is 1. The summed E-state index contributed by atoms with van der Waals surface area (Å²) in [5.41, 5.74) is 0.139. The first kappa shape index (κ1) is 8.80. The van der Waals surface area contributed by atoms with Crippen molar-refractivity contribution in [1.29, 1.82) is 0 Å². The Labute approximate surface area is 73.3 Å². The molecule has 0 radical (unpaired) electrons. The van der Waals surface area contributed by atoms with Crippen molar-refractivity contribution in [2.24, 2.45) is 10.9 Å². The normalized spacial score (nSPS) is 10.8. The first-order valence-electron chi connectivity index (χ1n) is 3.06. The quantitative estimate of drug-likeness (QED) is 0.398. The standard InChI is InChI=1S/C7H6ClFN2O/c8-5-1-4(3-11-10)6(9)2-7(5)12/h1-3,12H,10H2. The van der Waals surface area contributed by atoms with Gasteiger partial charge in [0.05, 0.1) is 11.2 Å². The number of hydrogen-bond acceptors (Lipinski definition) is 3. The van der Waals surface area contributed by atoms with E-state index >= 15 is 0 Å². The van der Waals surface area contributed by atoms with Crippen LogP contribution in [0.1, 0.15) is 5.56 Å². The highest BCUT2D eigenvalue weighted by Crippen LogP contribution is 2.25. The SMILES string of the molecule is NN=Cc1cc(Cl)c(O)cc1F. The summed E-state index contributed by atoms with van der Waals surface area (Å²) in [6.45, 7) is 0. The van der Waals surface area contributed by atoms with Gasteiger partial charge in [-0.15, -0.1) is 0 Å². The maximum Gasteiger partial charge on any atom is 0.137 e. The van der Waals surface area contributed by atoms with Gasteiger partial charge >= 0.3 is 0 Å². The van der Waals surface area contributed by atoms with Gasteiger partial charge in [0.25, 0.3) is 0 Å². The second-order valence-corrected chi connectivity index (χ2v) is 2.51. The third-order valence-electron chi connectivity index (χ3n) is 1.28. The van der Waals surface area contributed by atoms with E-state index in [1.807, 2.05) is 0 Å². The van der Waals surface area contributed by atoms with E-state index in [4.69, 9.17) is 22.6 Å². The molecule has 3 N–H and O–H groups in total. The highest BCUT2D eigenvalue weighted by Gasteiger charge is 2.05. The molecule has 5 heteroatoms. The van der Waals surface area contributed by atoms with Gasteiger partial charge in [-0.2, -0.15) is 5.10 Å². The molecule has 0 saturated carbocycles. The van der Waals surface area contributed by atoms with Crippen molar-refractivity contribution in [2.75, 3.05) is 0 Å². The maximum atomic E-state index is 12.9. The average Bonchev–Trinajstić information content (AvgIpc) is 2.01. The van der Waals surface area contributed by atoms with Gasteiger partial charge in [0, 0.05) is 11.6 Å². The predicted octanol–water partition coefficient (Wildman–Crippen LogP) is 1.48. The van der Waals surface area contributed by atoms with Gasteiger partial charge in [-0.1, -0.05) is 11.6 Å². The van der Waals surface area contributed by atoms with Crippen LogP contribution >= 0.6 is 11.6 Å². The molecule has 0 saturated heterocycles. The summed E-state index contributed by atoms with van der Waals surface area (Å²) in [6, 6.07) is 2.14. The molecular weight excluding hydrogens is 183 g/mol. The van der Waals surface area contributed by atoms with E-state index in [0.717, 1.165) is 12.3 Å². The van der Waals surface area contributed by atoms with Crippen LogP contribution in [-0.4, -0.2) is 11.3 Å². The average molecular weight is 189 g/mol. The molecular formula is C7H6ClFN2O. The minimum atomic E-state index is -0.619. The van der Waals surface area contributed by atoms with Gasteiger partial charge in [0.2, 0.25) is 0 Å². The molecule has 0 unspecified atom stereocenters. The summed E-state index contributed by atoms with van der Waals surface area (Å²) in [4.78, 5) is 0.